The van der Waals surface area contributed by atoms with Gasteiger partial charge < -0.3 is 19.4 Å². The summed E-state index contributed by atoms with van der Waals surface area (Å²) in [5.74, 6) is 0.147. The second kappa shape index (κ2) is 13.2. The van der Waals surface area contributed by atoms with Crippen LogP contribution in [-0.4, -0.2) is 75.8 Å². The molecule has 1 aliphatic heterocycles. The summed E-state index contributed by atoms with van der Waals surface area (Å²) in [6, 6.07) is 10.1. The Morgan fingerprint density at radius 1 is 1.22 bits per heavy atom. The van der Waals surface area contributed by atoms with Crippen molar-refractivity contribution in [2.45, 2.75) is 102 Å². The van der Waals surface area contributed by atoms with E-state index in [1.165, 1.54) is 25.6 Å². The van der Waals surface area contributed by atoms with Gasteiger partial charge in [-0.1, -0.05) is 75.1 Å². The quantitative estimate of drug-likeness (QED) is 0.213. The van der Waals surface area contributed by atoms with Crippen molar-refractivity contribution in [1.82, 2.24) is 4.90 Å². The number of thiocarbonyl (C=S) groups is 1. The number of rotatable bonds is 12. The lowest BCUT2D eigenvalue weighted by Gasteiger charge is -2.40. The highest BCUT2D eigenvalue weighted by molar-refractivity contribution is 8.23. The molecule has 0 saturated carbocycles. The first-order valence-corrected chi connectivity index (χ1v) is 17.1. The van der Waals surface area contributed by atoms with Crippen molar-refractivity contribution in [3.8, 4) is 0 Å². The molecule has 1 saturated heterocycles. The van der Waals surface area contributed by atoms with Crippen LogP contribution in [0.15, 0.2) is 30.3 Å². The van der Waals surface area contributed by atoms with Crippen LogP contribution in [0.1, 0.15) is 59.4 Å². The number of benzene rings is 1. The van der Waals surface area contributed by atoms with Crippen LogP contribution in [0.4, 0.5) is 0 Å². The van der Waals surface area contributed by atoms with E-state index in [4.69, 9.17) is 21.4 Å². The van der Waals surface area contributed by atoms with Gasteiger partial charge in [-0.25, -0.2) is 0 Å². The second-order valence-corrected chi connectivity index (χ2v) is 18.0. The lowest BCUT2D eigenvalue weighted by atomic mass is 9.91. The number of amides is 1. The molecule has 2 N–H and O–H groups in total. The molecule has 0 spiro atoms. The summed E-state index contributed by atoms with van der Waals surface area (Å²) in [5.41, 5.74) is -0.357. The summed E-state index contributed by atoms with van der Waals surface area (Å²) in [4.78, 5) is 26.5. The Balaban J connectivity index is 2.17. The Labute approximate surface area is 232 Å². The maximum Gasteiger partial charge on any atom is 0.302 e. The van der Waals surface area contributed by atoms with Gasteiger partial charge in [-0.3, -0.25) is 14.5 Å². The lowest BCUT2D eigenvalue weighted by molar-refractivity contribution is -0.152. The monoisotopic (exact) mass is 569 g/mol. The summed E-state index contributed by atoms with van der Waals surface area (Å²) < 4.78 is 12.1. The van der Waals surface area contributed by atoms with Crippen LogP contribution in [0.25, 0.3) is 0 Å². The summed E-state index contributed by atoms with van der Waals surface area (Å²) in [6.07, 6.45) is -0.308. The van der Waals surface area contributed by atoms with Gasteiger partial charge in [0.15, 0.2) is 8.32 Å². The number of nitrogens with zero attached hydrogens (tertiary/aromatic N) is 1. The van der Waals surface area contributed by atoms with Crippen LogP contribution >= 0.6 is 24.0 Å². The van der Waals surface area contributed by atoms with Crippen LogP contribution in [0.2, 0.25) is 18.1 Å². The number of esters is 1. The van der Waals surface area contributed by atoms with Gasteiger partial charge in [0.25, 0.3) is 0 Å². The molecule has 0 radical (unpaired) electrons. The number of hydrogen-bond acceptors (Lipinski definition) is 8. The van der Waals surface area contributed by atoms with Gasteiger partial charge >= 0.3 is 5.97 Å². The van der Waals surface area contributed by atoms with Crippen molar-refractivity contribution in [3.05, 3.63) is 35.9 Å². The molecule has 0 aliphatic carbocycles. The van der Waals surface area contributed by atoms with Crippen LogP contribution in [-0.2, 0) is 25.2 Å². The predicted molar refractivity (Wildman–Crippen MR) is 155 cm³/mol. The topological polar surface area (TPSA) is 96.3 Å². The van der Waals surface area contributed by atoms with Gasteiger partial charge in [0.05, 0.1) is 24.2 Å². The lowest BCUT2D eigenvalue weighted by Crippen LogP contribution is -2.48. The highest BCUT2D eigenvalue weighted by atomic mass is 32.2. The molecule has 1 heterocycles. The molecule has 1 fully saturated rings. The second-order valence-electron chi connectivity index (χ2n) is 11.6. The van der Waals surface area contributed by atoms with E-state index in [0.29, 0.717) is 10.7 Å². The maximum absolute atomic E-state index is 13.6. The molecule has 1 aromatic rings. The van der Waals surface area contributed by atoms with Crippen LogP contribution < -0.4 is 0 Å². The summed E-state index contributed by atoms with van der Waals surface area (Å²) in [6.45, 7) is 13.1. The van der Waals surface area contributed by atoms with E-state index in [0.717, 1.165) is 17.7 Å². The minimum Gasteiger partial charge on any atom is -0.463 e. The van der Waals surface area contributed by atoms with E-state index in [1.807, 2.05) is 18.2 Å². The van der Waals surface area contributed by atoms with E-state index >= 15 is 0 Å². The molecule has 4 atom stereocenters. The summed E-state index contributed by atoms with van der Waals surface area (Å²) in [5, 5.41) is 21.2. The van der Waals surface area contributed by atoms with Gasteiger partial charge in [0.2, 0.25) is 5.91 Å². The van der Waals surface area contributed by atoms with Crippen molar-refractivity contribution in [2.24, 2.45) is 0 Å². The van der Waals surface area contributed by atoms with Crippen molar-refractivity contribution >= 4 is 48.5 Å². The number of carbonyl (C=O) groups excluding carboxylic acids is 2. The summed E-state index contributed by atoms with van der Waals surface area (Å²) in [7, 11) is -2.25. The fourth-order valence-corrected chi connectivity index (χ4v) is 6.72. The van der Waals surface area contributed by atoms with E-state index in [1.54, 1.807) is 4.90 Å². The molecule has 1 aromatic carbocycles. The number of aliphatic hydroxyl groups is 2. The van der Waals surface area contributed by atoms with E-state index in [2.05, 4.69) is 46.0 Å². The minimum absolute atomic E-state index is 0.0189. The Hall–Kier alpha value is -1.30. The molecule has 7 nitrogen and oxygen atoms in total. The van der Waals surface area contributed by atoms with Crippen LogP contribution in [0.5, 0.6) is 0 Å². The maximum atomic E-state index is 13.6. The van der Waals surface area contributed by atoms with Gasteiger partial charge in [0, 0.05) is 12.7 Å². The zero-order valence-electron chi connectivity index (χ0n) is 23.2. The molecule has 2 rings (SSSR count). The molecule has 0 bridgehead atoms. The Morgan fingerprint density at radius 3 is 2.41 bits per heavy atom. The van der Waals surface area contributed by atoms with Crippen molar-refractivity contribution < 1.29 is 29.0 Å². The first-order valence-electron chi connectivity index (χ1n) is 12.8. The highest BCUT2D eigenvalue weighted by Crippen LogP contribution is 2.39. The smallest absolute Gasteiger partial charge is 0.302 e. The Bertz CT molecular complexity index is 935. The normalized spacial score (nSPS) is 19.9. The van der Waals surface area contributed by atoms with Gasteiger partial charge in [-0.2, -0.15) is 0 Å². The van der Waals surface area contributed by atoms with Gasteiger partial charge in [-0.05, 0) is 49.9 Å². The molecule has 10 heteroatoms. The standard InChI is InChI=1S/C27H43NO6S2Si/c1-19(29)33-17-23(30)27(5,32)14-13-22(34-37(6,7)26(2,3)4)16-24(31)28-21(18-36-25(28)35)15-20-11-9-8-10-12-20/h8-12,21-23,30,32H,13-18H2,1-7H3/t21-,22-,23+,27-/m0/s1. The van der Waals surface area contributed by atoms with Crippen molar-refractivity contribution in [2.75, 3.05) is 12.4 Å². The predicted octanol–water partition coefficient (Wildman–Crippen LogP) is 4.69. The Morgan fingerprint density at radius 2 is 1.84 bits per heavy atom. The van der Waals surface area contributed by atoms with E-state index in [-0.39, 0.29) is 36.4 Å². The van der Waals surface area contributed by atoms with Gasteiger partial charge in [0.1, 0.15) is 17.0 Å². The molecule has 37 heavy (non-hydrogen) atoms. The van der Waals surface area contributed by atoms with E-state index < -0.39 is 32.1 Å². The van der Waals surface area contributed by atoms with Crippen LogP contribution in [0, 0.1) is 0 Å². The number of thioether (sulfide) groups is 1. The van der Waals surface area contributed by atoms with Crippen molar-refractivity contribution in [3.63, 3.8) is 0 Å². The third-order valence-corrected chi connectivity index (χ3v) is 13.4. The average Bonchev–Trinajstić information content (AvgIpc) is 3.15. The number of carbonyl (C=O) groups is 2. The number of aliphatic hydroxyl groups excluding tert-OH is 1. The first-order chi connectivity index (χ1) is 17.0. The van der Waals surface area contributed by atoms with Gasteiger partial charge in [-0.15, -0.1) is 0 Å². The highest BCUT2D eigenvalue weighted by Gasteiger charge is 2.42. The first kappa shape index (κ1) is 31.9. The van der Waals surface area contributed by atoms with Crippen molar-refractivity contribution in [1.29, 1.82) is 0 Å². The molecule has 0 unspecified atom stereocenters. The van der Waals surface area contributed by atoms with E-state index in [9.17, 15) is 19.8 Å². The largest absolute Gasteiger partial charge is 0.463 e. The molecular formula is C27H43NO6S2Si. The number of hydrogen-bond donors (Lipinski definition) is 2. The third kappa shape index (κ3) is 9.44. The molecule has 1 aliphatic rings. The average molecular weight is 570 g/mol. The molecule has 208 valence electrons. The molecule has 1 amide bonds. The third-order valence-electron chi connectivity index (χ3n) is 7.35. The summed E-state index contributed by atoms with van der Waals surface area (Å²) >= 11 is 7.09. The zero-order valence-corrected chi connectivity index (χ0v) is 25.8. The fraction of sp³-hybridized carbons (Fsp3) is 0.667. The minimum atomic E-state index is -2.25. The Kier molecular flexibility index (Phi) is 11.4. The zero-order chi connectivity index (χ0) is 28.0. The van der Waals surface area contributed by atoms with Crippen LogP contribution in [0.3, 0.4) is 0 Å². The molecule has 0 aromatic heterocycles. The SMILES string of the molecule is CC(=O)OC[C@@H](O)[C@@](C)(O)CC[C@@H](CC(=O)N1C(=S)SC[C@@H]1Cc1ccccc1)O[Si](C)(C)C(C)(C)C. The molecular weight excluding hydrogens is 527 g/mol. The number of ether oxygens (including phenoxy) is 1. The fourth-order valence-electron chi connectivity index (χ4n) is 3.89.